The molecule has 0 aliphatic carbocycles. The van der Waals surface area contributed by atoms with Crippen LogP contribution in [-0.4, -0.2) is 52.4 Å². The van der Waals surface area contributed by atoms with Crippen LogP contribution in [0.2, 0.25) is 0 Å². The lowest BCUT2D eigenvalue weighted by Crippen LogP contribution is -2.55. The molecule has 0 amide bonds. The third-order valence-electron chi connectivity index (χ3n) is 11.0. The Morgan fingerprint density at radius 3 is 2.38 bits per heavy atom. The van der Waals surface area contributed by atoms with Gasteiger partial charge in [0.05, 0.1) is 24.1 Å². The summed E-state index contributed by atoms with van der Waals surface area (Å²) in [5.41, 5.74) is -1.04. The van der Waals surface area contributed by atoms with Crippen molar-refractivity contribution in [3.05, 3.63) is 48.2 Å². The number of para-hydroxylation sites is 1. The average molecular weight is 620 g/mol. The molecule has 8 heteroatoms. The van der Waals surface area contributed by atoms with Crippen LogP contribution in [0.4, 0.5) is 0 Å². The SMILES string of the molecule is CC[C@H]1OC(=O)[C@H](C)C(=O)[C@H](C)C(C)(C)[C@](C)(OC/C=C/c2cnc3ccccc3c2)C[C@@H](C)C(=O)[C@H](C)[C@H]2CC(=O)O[C@@]21C. The zero-order chi connectivity index (χ0) is 33.3. The first-order chi connectivity index (χ1) is 21.1. The van der Waals surface area contributed by atoms with Crippen LogP contribution in [0.1, 0.15) is 87.1 Å². The van der Waals surface area contributed by atoms with E-state index in [2.05, 4.69) is 11.1 Å². The molecule has 8 nitrogen and oxygen atoms in total. The van der Waals surface area contributed by atoms with Crippen LogP contribution < -0.4 is 0 Å². The summed E-state index contributed by atoms with van der Waals surface area (Å²) in [5.74, 6) is -4.44. The molecule has 0 bridgehead atoms. The van der Waals surface area contributed by atoms with Gasteiger partial charge in [0, 0.05) is 40.7 Å². The lowest BCUT2D eigenvalue weighted by atomic mass is 9.61. The van der Waals surface area contributed by atoms with Crippen molar-refractivity contribution in [2.75, 3.05) is 6.61 Å². The first-order valence-electron chi connectivity index (χ1n) is 16.2. The first kappa shape index (κ1) is 34.5. The fraction of sp³-hybridized carbons (Fsp3) is 0.595. The number of benzene rings is 1. The first-order valence-corrected chi connectivity index (χ1v) is 16.2. The summed E-state index contributed by atoms with van der Waals surface area (Å²) >= 11 is 0. The van der Waals surface area contributed by atoms with E-state index in [9.17, 15) is 19.2 Å². The minimum absolute atomic E-state index is 0.0153. The molecular weight excluding hydrogens is 570 g/mol. The molecule has 0 radical (unpaired) electrons. The number of carbonyl (C=O) groups is 4. The van der Waals surface area contributed by atoms with Gasteiger partial charge < -0.3 is 14.2 Å². The Morgan fingerprint density at radius 2 is 1.69 bits per heavy atom. The van der Waals surface area contributed by atoms with Gasteiger partial charge in [0.1, 0.15) is 29.2 Å². The van der Waals surface area contributed by atoms with Gasteiger partial charge in [-0.25, -0.2) is 0 Å². The number of ketones is 2. The second-order valence-electron chi connectivity index (χ2n) is 14.1. The van der Waals surface area contributed by atoms with E-state index < -0.39 is 64.2 Å². The number of esters is 2. The van der Waals surface area contributed by atoms with Gasteiger partial charge in [-0.3, -0.25) is 24.2 Å². The van der Waals surface area contributed by atoms with Crippen molar-refractivity contribution in [2.45, 2.75) is 98.9 Å². The van der Waals surface area contributed by atoms with Gasteiger partial charge in [0.15, 0.2) is 0 Å². The number of hydrogen-bond donors (Lipinski definition) is 0. The Hall–Kier alpha value is -3.39. The van der Waals surface area contributed by atoms with Crippen molar-refractivity contribution in [1.29, 1.82) is 0 Å². The lowest BCUT2D eigenvalue weighted by Gasteiger charge is -2.49. The Morgan fingerprint density at radius 1 is 1.00 bits per heavy atom. The minimum Gasteiger partial charge on any atom is -0.458 e. The lowest BCUT2D eigenvalue weighted by molar-refractivity contribution is -0.186. The summed E-state index contributed by atoms with van der Waals surface area (Å²) in [6, 6.07) is 9.97. The van der Waals surface area contributed by atoms with E-state index in [0.717, 1.165) is 16.5 Å². The molecule has 0 spiro atoms. The third-order valence-corrected chi connectivity index (χ3v) is 11.0. The predicted octanol–water partition coefficient (Wildman–Crippen LogP) is 6.78. The molecule has 4 rings (SSSR count). The molecule has 2 aliphatic rings. The van der Waals surface area contributed by atoms with Crippen LogP contribution in [-0.2, 0) is 33.4 Å². The standard InChI is InChI=1S/C37H49NO7/c1-10-30-37(9)28(19-31(39)45-37)23(3)32(40)22(2)20-36(8,35(6,7)25(5)33(41)24(4)34(42)44-30)43-17-13-14-26-18-27-15-11-12-16-29(27)38-21-26/h11-16,18,21-25,28,30H,10,17,19-20H2,1-9H3/b14-13+/t22-,23-,24-,25+,28-,30-,36-,37+/m1/s1. The van der Waals surface area contributed by atoms with Crippen LogP contribution in [0.25, 0.3) is 17.0 Å². The van der Waals surface area contributed by atoms with Gasteiger partial charge in [-0.15, -0.1) is 0 Å². The maximum Gasteiger partial charge on any atom is 0.316 e. The van der Waals surface area contributed by atoms with Gasteiger partial charge in [-0.1, -0.05) is 71.9 Å². The van der Waals surface area contributed by atoms with Gasteiger partial charge in [-0.2, -0.15) is 0 Å². The van der Waals surface area contributed by atoms with Gasteiger partial charge in [0.25, 0.3) is 0 Å². The Labute approximate surface area is 267 Å². The van der Waals surface area contributed by atoms with Gasteiger partial charge in [-0.05, 0) is 51.3 Å². The summed E-state index contributed by atoms with van der Waals surface area (Å²) < 4.78 is 18.4. The summed E-state index contributed by atoms with van der Waals surface area (Å²) in [7, 11) is 0. The van der Waals surface area contributed by atoms with Gasteiger partial charge in [0.2, 0.25) is 0 Å². The largest absolute Gasteiger partial charge is 0.458 e. The molecule has 1 aromatic heterocycles. The number of carbonyl (C=O) groups excluding carboxylic acids is 4. The minimum atomic E-state index is -1.18. The van der Waals surface area contributed by atoms with Crippen molar-refractivity contribution < 1.29 is 33.4 Å². The third kappa shape index (κ3) is 6.62. The number of nitrogens with zero attached hydrogens (tertiary/aromatic N) is 1. The number of rotatable bonds is 5. The van der Waals surface area contributed by atoms with Crippen LogP contribution >= 0.6 is 0 Å². The van der Waals surface area contributed by atoms with Crippen LogP contribution in [0.5, 0.6) is 0 Å². The number of Topliss-reactive ketones (excluding diaryl/α,β-unsaturated/α-hetero) is 2. The smallest absolute Gasteiger partial charge is 0.316 e. The summed E-state index contributed by atoms with van der Waals surface area (Å²) in [5, 5.41) is 1.04. The fourth-order valence-electron chi connectivity index (χ4n) is 7.31. The quantitative estimate of drug-likeness (QED) is 0.266. The van der Waals surface area contributed by atoms with Crippen molar-refractivity contribution in [1.82, 2.24) is 4.98 Å². The maximum atomic E-state index is 14.1. The normalized spacial score (nSPS) is 34.8. The molecular formula is C37H49NO7. The molecule has 8 atom stereocenters. The Balaban J connectivity index is 1.67. The number of pyridine rings is 1. The van der Waals surface area contributed by atoms with E-state index in [0.29, 0.717) is 12.8 Å². The van der Waals surface area contributed by atoms with Crippen molar-refractivity contribution in [3.63, 3.8) is 0 Å². The summed E-state index contributed by atoms with van der Waals surface area (Å²) in [6.07, 6.45) is 5.67. The molecule has 3 heterocycles. The van der Waals surface area contributed by atoms with E-state index in [1.165, 1.54) is 0 Å². The molecule has 0 N–H and O–H groups in total. The predicted molar refractivity (Wildman–Crippen MR) is 173 cm³/mol. The maximum absolute atomic E-state index is 14.1. The van der Waals surface area contributed by atoms with Crippen LogP contribution in [0.3, 0.4) is 0 Å². The highest BCUT2D eigenvalue weighted by Crippen LogP contribution is 2.48. The number of ether oxygens (including phenoxy) is 3. The zero-order valence-corrected chi connectivity index (χ0v) is 28.2. The number of cyclic esters (lactones) is 1. The highest BCUT2D eigenvalue weighted by molar-refractivity contribution is 6.00. The molecule has 2 aromatic rings. The van der Waals surface area contributed by atoms with E-state index in [1.807, 2.05) is 91.1 Å². The molecule has 45 heavy (non-hydrogen) atoms. The average Bonchev–Trinajstić information content (AvgIpc) is 3.33. The highest BCUT2D eigenvalue weighted by atomic mass is 16.6. The molecule has 1 aromatic carbocycles. The summed E-state index contributed by atoms with van der Waals surface area (Å²) in [4.78, 5) is 58.5. The van der Waals surface area contributed by atoms with E-state index >= 15 is 0 Å². The van der Waals surface area contributed by atoms with E-state index in [-0.39, 0.29) is 24.6 Å². The van der Waals surface area contributed by atoms with Crippen molar-refractivity contribution >= 4 is 40.5 Å². The molecule has 2 saturated heterocycles. The Kier molecular flexibility index (Phi) is 10.1. The Bertz CT molecular complexity index is 1480. The fourth-order valence-corrected chi connectivity index (χ4v) is 7.31. The molecule has 244 valence electrons. The summed E-state index contributed by atoms with van der Waals surface area (Å²) in [6.45, 7) is 16.8. The second-order valence-corrected chi connectivity index (χ2v) is 14.1. The van der Waals surface area contributed by atoms with Crippen molar-refractivity contribution in [3.8, 4) is 0 Å². The topological polar surface area (TPSA) is 109 Å². The van der Waals surface area contributed by atoms with Crippen LogP contribution in [0, 0.1) is 35.0 Å². The highest BCUT2D eigenvalue weighted by Gasteiger charge is 2.57. The molecule has 0 saturated carbocycles. The second kappa shape index (κ2) is 13.1. The molecule has 0 unspecified atom stereocenters. The zero-order valence-electron chi connectivity index (χ0n) is 28.2. The molecule has 2 aliphatic heterocycles. The number of aromatic nitrogens is 1. The van der Waals surface area contributed by atoms with Crippen LogP contribution in [0.15, 0.2) is 42.6 Å². The van der Waals surface area contributed by atoms with Crippen molar-refractivity contribution in [2.24, 2.45) is 35.0 Å². The van der Waals surface area contributed by atoms with E-state index in [4.69, 9.17) is 14.2 Å². The number of hydrogen-bond acceptors (Lipinski definition) is 8. The number of fused-ring (bicyclic) bond motifs is 2. The monoisotopic (exact) mass is 619 g/mol. The van der Waals surface area contributed by atoms with E-state index in [1.54, 1.807) is 13.8 Å². The van der Waals surface area contributed by atoms with Gasteiger partial charge >= 0.3 is 11.9 Å². The molecule has 2 fully saturated rings.